The van der Waals surface area contributed by atoms with Crippen molar-refractivity contribution in [1.82, 2.24) is 9.97 Å². The molecule has 0 bridgehead atoms. The van der Waals surface area contributed by atoms with Crippen LogP contribution in [0.5, 0.6) is 5.88 Å². The number of rotatable bonds is 3. The average molecular weight is 322 g/mol. The molecule has 2 aromatic rings. The van der Waals surface area contributed by atoms with Gasteiger partial charge in [-0.15, -0.1) is 0 Å². The zero-order valence-electron chi connectivity index (χ0n) is 9.83. The van der Waals surface area contributed by atoms with Gasteiger partial charge in [0.2, 0.25) is 5.69 Å². The van der Waals surface area contributed by atoms with E-state index in [1.54, 1.807) is 0 Å². The molecule has 0 fully saturated rings. The third-order valence-corrected chi connectivity index (χ3v) is 3.16. The molecule has 1 N–H and O–H groups in total. The van der Waals surface area contributed by atoms with Crippen LogP contribution in [0.25, 0.3) is 11.0 Å². The Bertz CT molecular complexity index is 819. The zero-order valence-corrected chi connectivity index (χ0v) is 10.6. The molecule has 112 valence electrons. The van der Waals surface area contributed by atoms with Gasteiger partial charge in [0.05, 0.1) is 11.0 Å². The highest BCUT2D eigenvalue weighted by Gasteiger charge is 2.49. The van der Waals surface area contributed by atoms with E-state index in [9.17, 15) is 26.4 Å². The maximum absolute atomic E-state index is 12.3. The van der Waals surface area contributed by atoms with Gasteiger partial charge in [-0.25, -0.2) is 14.8 Å². The molecule has 0 aliphatic rings. The Labute approximate surface area is 115 Å². The maximum Gasteiger partial charge on any atom is 0.534 e. The highest BCUT2D eigenvalue weighted by atomic mass is 32.2. The number of nitrogens with zero attached hydrogens (tertiary/aromatic N) is 2. The lowest BCUT2D eigenvalue weighted by Gasteiger charge is -2.10. The molecule has 1 heterocycles. The first kappa shape index (κ1) is 15.0. The molecule has 1 aromatic carbocycles. The molecule has 0 amide bonds. The van der Waals surface area contributed by atoms with Gasteiger partial charge in [0.1, 0.15) is 0 Å². The van der Waals surface area contributed by atoms with E-state index in [-0.39, 0.29) is 11.0 Å². The summed E-state index contributed by atoms with van der Waals surface area (Å²) >= 11 is 0. The summed E-state index contributed by atoms with van der Waals surface area (Å²) in [7, 11) is -6.04. The Hall–Kier alpha value is -2.43. The van der Waals surface area contributed by atoms with Gasteiger partial charge < -0.3 is 9.29 Å². The predicted molar refractivity (Wildman–Crippen MR) is 62.1 cm³/mol. The lowest BCUT2D eigenvalue weighted by molar-refractivity contribution is -0.0501. The molecule has 0 saturated heterocycles. The Morgan fingerprint density at radius 3 is 2.14 bits per heavy atom. The molecule has 0 spiro atoms. The number of halogens is 3. The summed E-state index contributed by atoms with van der Waals surface area (Å²) in [5.41, 5.74) is -6.71. The molecule has 0 aliphatic heterocycles. The van der Waals surface area contributed by atoms with Crippen molar-refractivity contribution in [1.29, 1.82) is 0 Å². The molecule has 0 saturated carbocycles. The van der Waals surface area contributed by atoms with Crippen LogP contribution < -0.4 is 4.18 Å². The van der Waals surface area contributed by atoms with E-state index < -0.39 is 33.2 Å². The van der Waals surface area contributed by atoms with E-state index in [4.69, 9.17) is 5.11 Å². The normalized spacial score (nSPS) is 12.3. The fourth-order valence-corrected chi connectivity index (χ4v) is 1.75. The number of para-hydroxylation sites is 2. The average Bonchev–Trinajstić information content (AvgIpc) is 2.35. The molecule has 21 heavy (non-hydrogen) atoms. The van der Waals surface area contributed by atoms with Gasteiger partial charge in [0.15, 0.2) is 0 Å². The van der Waals surface area contributed by atoms with Crippen LogP contribution in [0.3, 0.4) is 0 Å². The lowest BCUT2D eigenvalue weighted by Crippen LogP contribution is -2.29. The molecule has 0 atom stereocenters. The molecule has 1 aromatic heterocycles. The van der Waals surface area contributed by atoms with E-state index in [1.807, 2.05) is 0 Å². The standard InChI is InChI=1S/C10H5F3N2O5S/c11-10(12,13)21(18,19)20-8-7(9(16)17)14-5-3-1-2-4-6(5)15-8/h1-4H,(H,16,17). The summed E-state index contributed by atoms with van der Waals surface area (Å²) in [5.74, 6) is -3.03. The number of aromatic carboxylic acids is 1. The molecule has 2 rings (SSSR count). The van der Waals surface area contributed by atoms with Gasteiger partial charge in [-0.1, -0.05) is 12.1 Å². The monoisotopic (exact) mass is 322 g/mol. The number of carboxylic acid groups (broad SMARTS) is 1. The smallest absolute Gasteiger partial charge is 0.476 e. The number of alkyl halides is 3. The van der Waals surface area contributed by atoms with Crippen LogP contribution in [0.1, 0.15) is 10.5 Å². The number of carbonyl (C=O) groups is 1. The van der Waals surface area contributed by atoms with E-state index in [1.165, 1.54) is 24.3 Å². The molecular weight excluding hydrogens is 317 g/mol. The first-order chi connectivity index (χ1) is 9.62. The minimum atomic E-state index is -6.04. The minimum absolute atomic E-state index is 0.0186. The van der Waals surface area contributed by atoms with Crippen molar-refractivity contribution in [3.63, 3.8) is 0 Å². The number of aromatic nitrogens is 2. The van der Waals surface area contributed by atoms with Crippen molar-refractivity contribution in [3.8, 4) is 5.88 Å². The van der Waals surface area contributed by atoms with Gasteiger partial charge in [-0.3, -0.25) is 0 Å². The second-order valence-electron chi connectivity index (χ2n) is 3.65. The number of carboxylic acids is 1. The minimum Gasteiger partial charge on any atom is -0.476 e. The van der Waals surface area contributed by atoms with Crippen LogP contribution in [0, 0.1) is 0 Å². The Morgan fingerprint density at radius 1 is 1.14 bits per heavy atom. The number of hydrogen-bond donors (Lipinski definition) is 1. The summed E-state index contributed by atoms with van der Waals surface area (Å²) < 4.78 is 62.4. The molecule has 0 aliphatic carbocycles. The highest BCUT2D eigenvalue weighted by Crippen LogP contribution is 2.28. The van der Waals surface area contributed by atoms with E-state index in [0.29, 0.717) is 0 Å². The third kappa shape index (κ3) is 2.86. The van der Waals surface area contributed by atoms with Gasteiger partial charge in [0.25, 0.3) is 5.88 Å². The van der Waals surface area contributed by atoms with E-state index in [0.717, 1.165) is 0 Å². The number of fused-ring (bicyclic) bond motifs is 1. The largest absolute Gasteiger partial charge is 0.534 e. The van der Waals surface area contributed by atoms with Crippen LogP contribution in [0.4, 0.5) is 13.2 Å². The fourth-order valence-electron chi connectivity index (χ4n) is 1.33. The van der Waals surface area contributed by atoms with Crippen LogP contribution in [0.15, 0.2) is 24.3 Å². The lowest BCUT2D eigenvalue weighted by atomic mass is 10.3. The summed E-state index contributed by atoms with van der Waals surface area (Å²) in [6.45, 7) is 0. The van der Waals surface area contributed by atoms with Gasteiger partial charge in [-0.05, 0) is 12.1 Å². The number of benzene rings is 1. The van der Waals surface area contributed by atoms with Crippen molar-refractivity contribution in [2.75, 3.05) is 0 Å². The highest BCUT2D eigenvalue weighted by molar-refractivity contribution is 7.87. The van der Waals surface area contributed by atoms with Crippen molar-refractivity contribution >= 4 is 27.1 Å². The van der Waals surface area contributed by atoms with Crippen molar-refractivity contribution < 1.29 is 35.7 Å². The van der Waals surface area contributed by atoms with Crippen molar-refractivity contribution in [3.05, 3.63) is 30.0 Å². The van der Waals surface area contributed by atoms with Crippen LogP contribution in [-0.4, -0.2) is 35.0 Å². The topological polar surface area (TPSA) is 106 Å². The summed E-state index contributed by atoms with van der Waals surface area (Å²) in [4.78, 5) is 17.9. The fraction of sp³-hybridized carbons (Fsp3) is 0.100. The quantitative estimate of drug-likeness (QED) is 0.675. The Morgan fingerprint density at radius 2 is 1.67 bits per heavy atom. The molecular formula is C10H5F3N2O5S. The third-order valence-electron chi connectivity index (χ3n) is 2.21. The predicted octanol–water partition coefficient (Wildman–Crippen LogP) is 1.56. The van der Waals surface area contributed by atoms with Gasteiger partial charge in [-0.2, -0.15) is 21.6 Å². The van der Waals surface area contributed by atoms with Crippen LogP contribution in [0.2, 0.25) is 0 Å². The van der Waals surface area contributed by atoms with E-state index >= 15 is 0 Å². The first-order valence-electron chi connectivity index (χ1n) is 5.12. The van der Waals surface area contributed by atoms with Crippen LogP contribution in [-0.2, 0) is 10.1 Å². The summed E-state index contributed by atoms with van der Waals surface area (Å²) in [5, 5.41) is 8.87. The second-order valence-corrected chi connectivity index (χ2v) is 5.19. The molecule has 7 nitrogen and oxygen atoms in total. The SMILES string of the molecule is O=C(O)c1nc2ccccc2nc1OS(=O)(=O)C(F)(F)F. The van der Waals surface area contributed by atoms with Crippen molar-refractivity contribution in [2.24, 2.45) is 0 Å². The molecule has 0 radical (unpaired) electrons. The molecule has 0 unspecified atom stereocenters. The number of hydrogen-bond acceptors (Lipinski definition) is 6. The van der Waals surface area contributed by atoms with E-state index in [2.05, 4.69) is 14.2 Å². The summed E-state index contributed by atoms with van der Waals surface area (Å²) in [6.07, 6.45) is 0. The maximum atomic E-state index is 12.3. The summed E-state index contributed by atoms with van der Waals surface area (Å²) in [6, 6.07) is 5.62. The van der Waals surface area contributed by atoms with Crippen LogP contribution >= 0.6 is 0 Å². The first-order valence-corrected chi connectivity index (χ1v) is 6.53. The van der Waals surface area contributed by atoms with Gasteiger partial charge in [0, 0.05) is 0 Å². The van der Waals surface area contributed by atoms with Crippen molar-refractivity contribution in [2.45, 2.75) is 5.51 Å². The zero-order chi connectivity index (χ0) is 15.8. The second kappa shape index (κ2) is 4.84. The van der Waals surface area contributed by atoms with Gasteiger partial charge >= 0.3 is 21.6 Å². The Balaban J connectivity index is 2.62. The Kier molecular flexibility index (Phi) is 3.45. The molecule has 11 heteroatoms.